The normalized spacial score (nSPS) is 16.1. The third-order valence-corrected chi connectivity index (χ3v) is 2.80. The number of hydrazine groups is 1. The molecule has 0 aromatic carbocycles. The lowest BCUT2D eigenvalue weighted by atomic mass is 9.93. The van der Waals surface area contributed by atoms with Gasteiger partial charge in [-0.2, -0.15) is 0 Å². The van der Waals surface area contributed by atoms with E-state index in [0.29, 0.717) is 12.2 Å². The zero-order valence-corrected chi connectivity index (χ0v) is 9.58. The van der Waals surface area contributed by atoms with E-state index in [2.05, 4.69) is 0 Å². The molecular weight excluding hydrogens is 192 g/mol. The lowest BCUT2D eigenvalue weighted by molar-refractivity contribution is -0.138. The van der Waals surface area contributed by atoms with Crippen LogP contribution in [0.2, 0.25) is 0 Å². The van der Waals surface area contributed by atoms with Crippen molar-refractivity contribution >= 4 is 5.97 Å². The van der Waals surface area contributed by atoms with Crippen LogP contribution in [0.3, 0.4) is 0 Å². The summed E-state index contributed by atoms with van der Waals surface area (Å²) in [5.74, 6) is 5.49. The topological polar surface area (TPSA) is 55.6 Å². The van der Waals surface area contributed by atoms with Gasteiger partial charge in [0.15, 0.2) is 0 Å². The number of rotatable bonds is 3. The fraction of sp³-hybridized carbons (Fsp3) is 0.727. The summed E-state index contributed by atoms with van der Waals surface area (Å²) in [4.78, 5) is 11.6. The average molecular weight is 212 g/mol. The first-order valence-electron chi connectivity index (χ1n) is 5.53. The van der Waals surface area contributed by atoms with Gasteiger partial charge in [0, 0.05) is 6.54 Å². The summed E-state index contributed by atoms with van der Waals surface area (Å²) in [5.41, 5.74) is 1.72. The summed E-state index contributed by atoms with van der Waals surface area (Å²) in [6.45, 7) is 2.54. The van der Waals surface area contributed by atoms with Crippen molar-refractivity contribution in [3.63, 3.8) is 0 Å². The van der Waals surface area contributed by atoms with E-state index in [-0.39, 0.29) is 5.97 Å². The minimum atomic E-state index is -0.309. The van der Waals surface area contributed by atoms with E-state index in [0.717, 1.165) is 31.3 Å². The smallest absolute Gasteiger partial charge is 0.355 e. The van der Waals surface area contributed by atoms with Crippen LogP contribution in [-0.2, 0) is 9.53 Å². The van der Waals surface area contributed by atoms with E-state index in [1.807, 2.05) is 6.92 Å². The maximum Gasteiger partial charge on any atom is 0.355 e. The fourth-order valence-electron chi connectivity index (χ4n) is 1.93. The van der Waals surface area contributed by atoms with Gasteiger partial charge in [-0.3, -0.25) is 0 Å². The van der Waals surface area contributed by atoms with Crippen molar-refractivity contribution in [1.29, 1.82) is 0 Å². The molecule has 0 aliphatic heterocycles. The van der Waals surface area contributed by atoms with Crippen molar-refractivity contribution < 1.29 is 9.53 Å². The summed E-state index contributed by atoms with van der Waals surface area (Å²) in [6.07, 6.45) is 5.48. The molecule has 1 saturated carbocycles. The zero-order chi connectivity index (χ0) is 11.3. The zero-order valence-electron chi connectivity index (χ0n) is 9.58. The van der Waals surface area contributed by atoms with E-state index >= 15 is 0 Å². The minimum Gasteiger partial charge on any atom is -0.464 e. The first-order valence-corrected chi connectivity index (χ1v) is 5.53. The molecule has 4 heteroatoms. The van der Waals surface area contributed by atoms with Crippen molar-refractivity contribution in [2.45, 2.75) is 39.0 Å². The molecule has 0 aromatic heterocycles. The van der Waals surface area contributed by atoms with Crippen LogP contribution in [0, 0.1) is 0 Å². The number of hydrogen-bond donors (Lipinski definition) is 1. The van der Waals surface area contributed by atoms with E-state index < -0.39 is 0 Å². The number of likely N-dealkylation sites (N-methyl/N-ethyl adjacent to an activating group) is 1. The molecule has 1 fully saturated rings. The van der Waals surface area contributed by atoms with Crippen molar-refractivity contribution in [3.05, 3.63) is 11.3 Å². The SMILES string of the molecule is CCN(N)C(C(=O)OC)=C1CCCCC1. The molecule has 2 N–H and O–H groups in total. The highest BCUT2D eigenvalue weighted by Gasteiger charge is 2.21. The van der Waals surface area contributed by atoms with Gasteiger partial charge in [0.05, 0.1) is 7.11 Å². The Hall–Kier alpha value is -1.03. The molecule has 0 spiro atoms. The van der Waals surface area contributed by atoms with Crippen LogP contribution in [0.15, 0.2) is 11.3 Å². The van der Waals surface area contributed by atoms with E-state index in [1.165, 1.54) is 18.5 Å². The number of methoxy groups -OCH3 is 1. The molecule has 0 amide bonds. The molecule has 4 nitrogen and oxygen atoms in total. The number of ether oxygens (including phenoxy) is 1. The number of hydrogen-bond acceptors (Lipinski definition) is 4. The molecule has 0 atom stereocenters. The molecule has 86 valence electrons. The quantitative estimate of drug-likeness (QED) is 0.334. The van der Waals surface area contributed by atoms with Gasteiger partial charge in [0.25, 0.3) is 0 Å². The molecule has 0 aromatic rings. The first-order chi connectivity index (χ1) is 7.20. The van der Waals surface area contributed by atoms with Gasteiger partial charge in [0.2, 0.25) is 0 Å². The van der Waals surface area contributed by atoms with Crippen LogP contribution in [0.5, 0.6) is 0 Å². The lowest BCUT2D eigenvalue weighted by Crippen LogP contribution is -2.35. The Morgan fingerprint density at radius 2 is 2.00 bits per heavy atom. The number of carbonyl (C=O) groups is 1. The summed E-state index contributed by atoms with van der Waals surface area (Å²) < 4.78 is 4.77. The molecule has 0 radical (unpaired) electrons. The maximum absolute atomic E-state index is 11.6. The molecule has 0 saturated heterocycles. The number of carbonyl (C=O) groups excluding carboxylic acids is 1. The van der Waals surface area contributed by atoms with Crippen molar-refractivity contribution in [1.82, 2.24) is 5.01 Å². The summed E-state index contributed by atoms with van der Waals surface area (Å²) in [7, 11) is 1.40. The monoisotopic (exact) mass is 212 g/mol. The minimum absolute atomic E-state index is 0.309. The second-order valence-corrected chi connectivity index (χ2v) is 3.79. The van der Waals surface area contributed by atoms with Gasteiger partial charge in [-0.15, -0.1) is 0 Å². The highest BCUT2D eigenvalue weighted by atomic mass is 16.5. The molecular formula is C11H20N2O2. The Kier molecular flexibility index (Phi) is 4.62. The number of allylic oxidation sites excluding steroid dienone is 1. The summed E-state index contributed by atoms with van der Waals surface area (Å²) in [5, 5.41) is 1.49. The van der Waals surface area contributed by atoms with Crippen molar-refractivity contribution in [2.75, 3.05) is 13.7 Å². The number of nitrogens with two attached hydrogens (primary N) is 1. The Morgan fingerprint density at radius 1 is 1.40 bits per heavy atom. The average Bonchev–Trinajstić information content (AvgIpc) is 2.30. The Morgan fingerprint density at radius 3 is 2.47 bits per heavy atom. The summed E-state index contributed by atoms with van der Waals surface area (Å²) >= 11 is 0. The first kappa shape index (κ1) is 12.0. The largest absolute Gasteiger partial charge is 0.464 e. The van der Waals surface area contributed by atoms with Gasteiger partial charge < -0.3 is 9.75 Å². The predicted molar refractivity (Wildman–Crippen MR) is 58.7 cm³/mol. The van der Waals surface area contributed by atoms with Crippen LogP contribution in [-0.4, -0.2) is 24.6 Å². The Bertz CT molecular complexity index is 253. The van der Waals surface area contributed by atoms with E-state index in [9.17, 15) is 4.79 Å². The second-order valence-electron chi connectivity index (χ2n) is 3.79. The maximum atomic E-state index is 11.6. The van der Waals surface area contributed by atoms with Crippen molar-refractivity contribution in [2.24, 2.45) is 5.84 Å². The Labute approximate surface area is 91.0 Å². The molecule has 0 heterocycles. The lowest BCUT2D eigenvalue weighted by Gasteiger charge is -2.24. The third kappa shape index (κ3) is 2.96. The molecule has 0 unspecified atom stereocenters. The molecule has 1 rings (SSSR count). The molecule has 15 heavy (non-hydrogen) atoms. The fourth-order valence-corrected chi connectivity index (χ4v) is 1.93. The molecule has 1 aliphatic rings. The van der Waals surface area contributed by atoms with E-state index in [1.54, 1.807) is 0 Å². The van der Waals surface area contributed by atoms with E-state index in [4.69, 9.17) is 10.6 Å². The van der Waals surface area contributed by atoms with Crippen molar-refractivity contribution in [3.8, 4) is 0 Å². The van der Waals surface area contributed by atoms with Gasteiger partial charge >= 0.3 is 5.97 Å². The van der Waals surface area contributed by atoms with Crippen LogP contribution in [0.25, 0.3) is 0 Å². The Balaban J connectivity index is 2.91. The second kappa shape index (κ2) is 5.75. The number of nitrogens with zero attached hydrogens (tertiary/aromatic N) is 1. The number of esters is 1. The van der Waals surface area contributed by atoms with Crippen LogP contribution < -0.4 is 5.84 Å². The van der Waals surface area contributed by atoms with Crippen LogP contribution in [0.1, 0.15) is 39.0 Å². The molecule has 0 bridgehead atoms. The van der Waals surface area contributed by atoms with Crippen LogP contribution >= 0.6 is 0 Å². The van der Waals surface area contributed by atoms with Gasteiger partial charge in [-0.05, 0) is 38.2 Å². The highest BCUT2D eigenvalue weighted by Crippen LogP contribution is 2.26. The molecule has 1 aliphatic carbocycles. The van der Waals surface area contributed by atoms with Gasteiger partial charge in [-0.25, -0.2) is 10.6 Å². The van der Waals surface area contributed by atoms with Crippen LogP contribution in [0.4, 0.5) is 0 Å². The predicted octanol–water partition coefficient (Wildman–Crippen LogP) is 1.57. The van der Waals surface area contributed by atoms with Gasteiger partial charge in [0.1, 0.15) is 5.70 Å². The third-order valence-electron chi connectivity index (χ3n) is 2.80. The highest BCUT2D eigenvalue weighted by molar-refractivity contribution is 5.88. The standard InChI is InChI=1S/C11H20N2O2/c1-3-13(12)10(11(14)15-2)9-7-5-4-6-8-9/h3-8,12H2,1-2H3. The summed E-state index contributed by atoms with van der Waals surface area (Å²) in [6, 6.07) is 0. The van der Waals surface area contributed by atoms with Gasteiger partial charge in [-0.1, -0.05) is 6.42 Å².